The van der Waals surface area contributed by atoms with Crippen LogP contribution < -0.4 is 14.2 Å². The Morgan fingerprint density at radius 1 is 1.05 bits per heavy atom. The highest BCUT2D eigenvalue weighted by Crippen LogP contribution is 2.41. The van der Waals surface area contributed by atoms with Crippen molar-refractivity contribution in [2.24, 2.45) is 11.8 Å². The molecular weight excluding hydrogens is 276 g/mol. The molecule has 1 rings (SSSR count). The zero-order valence-corrected chi connectivity index (χ0v) is 12.9. The quantitative estimate of drug-likeness (QED) is 0.802. The van der Waals surface area contributed by atoms with Gasteiger partial charge in [0.25, 0.3) is 0 Å². The lowest BCUT2D eigenvalue weighted by atomic mass is 9.87. The van der Waals surface area contributed by atoms with Gasteiger partial charge in [-0.2, -0.15) is 0 Å². The number of rotatable bonds is 7. The number of methoxy groups -OCH3 is 3. The van der Waals surface area contributed by atoms with E-state index < -0.39 is 23.9 Å². The van der Waals surface area contributed by atoms with E-state index in [-0.39, 0.29) is 0 Å². The Kier molecular flexibility index (Phi) is 5.84. The maximum Gasteiger partial charge on any atom is 0.306 e. The van der Waals surface area contributed by atoms with Crippen LogP contribution in [0, 0.1) is 11.8 Å². The zero-order chi connectivity index (χ0) is 16.2. The van der Waals surface area contributed by atoms with Gasteiger partial charge in [0.15, 0.2) is 11.5 Å². The molecule has 0 aliphatic carbocycles. The lowest BCUT2D eigenvalue weighted by Crippen LogP contribution is -2.24. The summed E-state index contributed by atoms with van der Waals surface area (Å²) < 4.78 is 15.7. The Morgan fingerprint density at radius 2 is 1.52 bits per heavy atom. The van der Waals surface area contributed by atoms with Crippen LogP contribution in [-0.4, -0.2) is 37.5 Å². The minimum absolute atomic E-state index is 0.418. The van der Waals surface area contributed by atoms with Crippen LogP contribution in [0.4, 0.5) is 0 Å². The average molecular weight is 298 g/mol. The largest absolute Gasteiger partial charge is 0.493 e. The fraction of sp³-hybridized carbons (Fsp3) is 0.533. The lowest BCUT2D eigenvalue weighted by molar-refractivity contribution is -0.144. The Hall–Kier alpha value is -1.95. The molecule has 1 aromatic rings. The maximum atomic E-state index is 11.0. The zero-order valence-electron chi connectivity index (χ0n) is 12.9. The Labute approximate surface area is 124 Å². The molecule has 0 heterocycles. The van der Waals surface area contributed by atoms with Gasteiger partial charge in [0.2, 0.25) is 5.75 Å². The summed E-state index contributed by atoms with van der Waals surface area (Å²) in [5, 5.41) is 19.4. The first-order chi connectivity index (χ1) is 9.87. The second-order valence-corrected chi connectivity index (χ2v) is 4.89. The van der Waals surface area contributed by atoms with Gasteiger partial charge < -0.3 is 24.4 Å². The minimum Gasteiger partial charge on any atom is -0.493 e. The average Bonchev–Trinajstić information content (AvgIpc) is 2.50. The van der Waals surface area contributed by atoms with Crippen molar-refractivity contribution in [2.45, 2.75) is 20.0 Å². The van der Waals surface area contributed by atoms with Gasteiger partial charge in [0.1, 0.15) is 0 Å². The van der Waals surface area contributed by atoms with Gasteiger partial charge in [-0.1, -0.05) is 13.8 Å². The van der Waals surface area contributed by atoms with Gasteiger partial charge in [-0.3, -0.25) is 4.79 Å². The number of aliphatic hydroxyl groups excluding tert-OH is 1. The number of ether oxygens (including phenoxy) is 3. The first-order valence-electron chi connectivity index (χ1n) is 6.58. The SMILES string of the molecule is COc1cc(C(O)C(C)C(C)C(=O)O)cc(OC)c1OC. The molecule has 0 saturated carbocycles. The molecule has 6 nitrogen and oxygen atoms in total. The normalized spacial score (nSPS) is 15.0. The van der Waals surface area contributed by atoms with E-state index in [0.29, 0.717) is 22.8 Å². The van der Waals surface area contributed by atoms with Crippen molar-refractivity contribution >= 4 is 5.97 Å². The van der Waals surface area contributed by atoms with Gasteiger partial charge in [0, 0.05) is 0 Å². The number of hydrogen-bond donors (Lipinski definition) is 2. The second kappa shape index (κ2) is 7.17. The van der Waals surface area contributed by atoms with Crippen LogP contribution in [0.1, 0.15) is 25.5 Å². The van der Waals surface area contributed by atoms with Gasteiger partial charge >= 0.3 is 5.97 Å². The summed E-state index contributed by atoms with van der Waals surface area (Å²) in [5.41, 5.74) is 0.519. The van der Waals surface area contributed by atoms with Crippen molar-refractivity contribution in [3.05, 3.63) is 17.7 Å². The molecular formula is C15H22O6. The van der Waals surface area contributed by atoms with Gasteiger partial charge in [-0.15, -0.1) is 0 Å². The number of carboxylic acids is 1. The van der Waals surface area contributed by atoms with Gasteiger partial charge in [-0.25, -0.2) is 0 Å². The topological polar surface area (TPSA) is 85.2 Å². The van der Waals surface area contributed by atoms with Crippen LogP contribution in [0.25, 0.3) is 0 Å². The predicted octanol–water partition coefficient (Wildman–Crippen LogP) is 2.10. The van der Waals surface area contributed by atoms with E-state index >= 15 is 0 Å². The summed E-state index contributed by atoms with van der Waals surface area (Å²) in [6, 6.07) is 3.24. The Morgan fingerprint density at radius 3 is 1.86 bits per heavy atom. The molecule has 0 aliphatic heterocycles. The fourth-order valence-electron chi connectivity index (χ4n) is 2.07. The summed E-state index contributed by atoms with van der Waals surface area (Å²) in [5.74, 6) is -0.838. The highest BCUT2D eigenvalue weighted by atomic mass is 16.5. The highest BCUT2D eigenvalue weighted by molar-refractivity contribution is 5.70. The van der Waals surface area contributed by atoms with E-state index in [1.807, 2.05) is 0 Å². The van der Waals surface area contributed by atoms with Crippen molar-refractivity contribution in [3.8, 4) is 17.2 Å². The lowest BCUT2D eigenvalue weighted by Gasteiger charge is -2.24. The molecule has 0 aromatic heterocycles. The molecule has 21 heavy (non-hydrogen) atoms. The highest BCUT2D eigenvalue weighted by Gasteiger charge is 2.28. The van der Waals surface area contributed by atoms with Gasteiger partial charge in [0.05, 0.1) is 33.4 Å². The van der Waals surface area contributed by atoms with Crippen molar-refractivity contribution in [2.75, 3.05) is 21.3 Å². The molecule has 0 bridgehead atoms. The van der Waals surface area contributed by atoms with Crippen molar-refractivity contribution in [1.29, 1.82) is 0 Å². The third-order valence-corrected chi connectivity index (χ3v) is 3.70. The van der Waals surface area contributed by atoms with E-state index in [4.69, 9.17) is 19.3 Å². The van der Waals surface area contributed by atoms with E-state index in [9.17, 15) is 9.90 Å². The number of hydrogen-bond acceptors (Lipinski definition) is 5. The number of carboxylic acid groups (broad SMARTS) is 1. The molecule has 3 unspecified atom stereocenters. The van der Waals surface area contributed by atoms with E-state index in [0.717, 1.165) is 0 Å². The van der Waals surface area contributed by atoms with Gasteiger partial charge in [-0.05, 0) is 23.6 Å². The molecule has 0 amide bonds. The minimum atomic E-state index is -0.954. The third kappa shape index (κ3) is 3.58. The summed E-state index contributed by atoms with van der Waals surface area (Å²) in [6.07, 6.45) is -0.954. The van der Waals surface area contributed by atoms with Crippen molar-refractivity contribution in [1.82, 2.24) is 0 Å². The Bertz CT molecular complexity index is 474. The van der Waals surface area contributed by atoms with E-state index in [2.05, 4.69) is 0 Å². The second-order valence-electron chi connectivity index (χ2n) is 4.89. The molecule has 118 valence electrons. The van der Waals surface area contributed by atoms with Crippen LogP contribution in [-0.2, 0) is 4.79 Å². The monoisotopic (exact) mass is 298 g/mol. The van der Waals surface area contributed by atoms with Crippen LogP contribution in [0.5, 0.6) is 17.2 Å². The number of aliphatic hydroxyl groups is 1. The Balaban J connectivity index is 3.21. The summed E-state index contributed by atoms with van der Waals surface area (Å²) in [4.78, 5) is 11.0. The number of aliphatic carboxylic acids is 1. The number of benzene rings is 1. The van der Waals surface area contributed by atoms with Crippen molar-refractivity contribution < 1.29 is 29.2 Å². The standard InChI is InChI=1S/C15H22O6/c1-8(9(2)15(17)18)13(16)10-6-11(19-3)14(21-5)12(7-10)20-4/h6-9,13,16H,1-5H3,(H,17,18). The molecule has 0 fully saturated rings. The third-order valence-electron chi connectivity index (χ3n) is 3.70. The fourth-order valence-corrected chi connectivity index (χ4v) is 2.07. The number of carbonyl (C=O) groups is 1. The summed E-state index contributed by atoms with van der Waals surface area (Å²) in [6.45, 7) is 3.25. The van der Waals surface area contributed by atoms with E-state index in [1.165, 1.54) is 21.3 Å². The molecule has 2 N–H and O–H groups in total. The maximum absolute atomic E-state index is 11.0. The molecule has 6 heteroatoms. The molecule has 0 saturated heterocycles. The van der Waals surface area contributed by atoms with E-state index in [1.54, 1.807) is 26.0 Å². The first-order valence-corrected chi connectivity index (χ1v) is 6.58. The molecule has 0 spiro atoms. The van der Waals surface area contributed by atoms with Crippen LogP contribution >= 0.6 is 0 Å². The molecule has 0 radical (unpaired) electrons. The van der Waals surface area contributed by atoms with Crippen LogP contribution in [0.3, 0.4) is 0 Å². The summed E-state index contributed by atoms with van der Waals surface area (Å²) >= 11 is 0. The molecule has 1 aromatic carbocycles. The van der Waals surface area contributed by atoms with Crippen molar-refractivity contribution in [3.63, 3.8) is 0 Å². The smallest absolute Gasteiger partial charge is 0.306 e. The predicted molar refractivity (Wildman–Crippen MR) is 77.0 cm³/mol. The van der Waals surface area contributed by atoms with Crippen LogP contribution in [0.15, 0.2) is 12.1 Å². The molecule has 3 atom stereocenters. The first kappa shape index (κ1) is 17.1. The molecule has 0 aliphatic rings. The summed E-state index contributed by atoms with van der Waals surface area (Å²) in [7, 11) is 4.46. The van der Waals surface area contributed by atoms with Crippen LogP contribution in [0.2, 0.25) is 0 Å².